The number of hydrogen-bond acceptors (Lipinski definition) is 3. The Morgan fingerprint density at radius 3 is 1.86 bits per heavy atom. The molecule has 3 nitrogen and oxygen atoms in total. The molecule has 5 aromatic carbocycles. The number of ether oxygens (including phenoxy) is 1. The summed E-state index contributed by atoms with van der Waals surface area (Å²) < 4.78 is 5.94. The Hall–Kier alpha value is -3.98. The molecule has 0 aromatic heterocycles. The molecule has 0 saturated carbocycles. The van der Waals surface area contributed by atoms with Crippen LogP contribution in [0.25, 0.3) is 32.7 Å². The van der Waals surface area contributed by atoms with Gasteiger partial charge in [-0.05, 0) is 64.0 Å². The lowest BCUT2D eigenvalue weighted by molar-refractivity contribution is 0.470. The fourth-order valence-corrected chi connectivity index (χ4v) is 3.77. The Balaban J connectivity index is 1.71. The van der Waals surface area contributed by atoms with E-state index in [-0.39, 0.29) is 11.5 Å². The molecule has 0 amide bonds. The minimum atomic E-state index is 0.126. The van der Waals surface area contributed by atoms with Crippen molar-refractivity contribution in [2.75, 3.05) is 0 Å². The maximum Gasteiger partial charge on any atom is 0.128 e. The van der Waals surface area contributed by atoms with Gasteiger partial charge in [0.15, 0.2) is 0 Å². The maximum atomic E-state index is 10.7. The minimum absolute atomic E-state index is 0.126. The van der Waals surface area contributed by atoms with Crippen LogP contribution in [0.3, 0.4) is 0 Å². The lowest BCUT2D eigenvalue weighted by Gasteiger charge is -2.15. The molecule has 0 aliphatic rings. The summed E-state index contributed by atoms with van der Waals surface area (Å²) in [6.45, 7) is 0. The molecule has 29 heavy (non-hydrogen) atoms. The van der Waals surface area contributed by atoms with Crippen molar-refractivity contribution < 1.29 is 14.9 Å². The van der Waals surface area contributed by atoms with Crippen molar-refractivity contribution in [3.05, 3.63) is 97.1 Å². The Morgan fingerprint density at radius 1 is 0.483 bits per heavy atom. The highest BCUT2D eigenvalue weighted by Crippen LogP contribution is 2.45. The van der Waals surface area contributed by atoms with Crippen LogP contribution in [0.5, 0.6) is 23.0 Å². The van der Waals surface area contributed by atoms with Crippen molar-refractivity contribution in [1.29, 1.82) is 0 Å². The van der Waals surface area contributed by atoms with E-state index in [0.29, 0.717) is 16.9 Å². The highest BCUT2D eigenvalue weighted by atomic mass is 16.5. The van der Waals surface area contributed by atoms with Crippen molar-refractivity contribution >= 4 is 21.5 Å². The average molecular weight is 378 g/mol. The van der Waals surface area contributed by atoms with E-state index in [9.17, 15) is 10.2 Å². The van der Waals surface area contributed by atoms with E-state index in [0.717, 1.165) is 27.3 Å². The zero-order chi connectivity index (χ0) is 19.8. The predicted molar refractivity (Wildman–Crippen MR) is 117 cm³/mol. The molecule has 5 rings (SSSR count). The van der Waals surface area contributed by atoms with Crippen LogP contribution in [0.4, 0.5) is 0 Å². The Kier molecular flexibility index (Phi) is 4.07. The summed E-state index contributed by atoms with van der Waals surface area (Å²) in [5.41, 5.74) is 1.24. The number of benzene rings is 5. The first-order valence-electron chi connectivity index (χ1n) is 9.40. The fourth-order valence-electron chi connectivity index (χ4n) is 3.77. The van der Waals surface area contributed by atoms with Gasteiger partial charge in [0.05, 0.1) is 0 Å². The van der Waals surface area contributed by atoms with Crippen LogP contribution < -0.4 is 4.74 Å². The van der Waals surface area contributed by atoms with Crippen LogP contribution in [-0.4, -0.2) is 10.2 Å². The van der Waals surface area contributed by atoms with Crippen LogP contribution in [0, 0.1) is 0 Å². The second kappa shape index (κ2) is 6.88. The summed E-state index contributed by atoms with van der Waals surface area (Å²) in [5.74, 6) is 1.73. The van der Waals surface area contributed by atoms with Gasteiger partial charge in [-0.25, -0.2) is 0 Å². The van der Waals surface area contributed by atoms with E-state index in [1.165, 1.54) is 0 Å². The topological polar surface area (TPSA) is 49.7 Å². The van der Waals surface area contributed by atoms with Gasteiger partial charge in [-0.2, -0.15) is 0 Å². The van der Waals surface area contributed by atoms with Crippen molar-refractivity contribution in [3.8, 4) is 34.1 Å². The van der Waals surface area contributed by atoms with Gasteiger partial charge in [0, 0.05) is 11.1 Å². The second-order valence-corrected chi connectivity index (χ2v) is 6.94. The molecule has 0 radical (unpaired) electrons. The molecule has 0 atom stereocenters. The van der Waals surface area contributed by atoms with E-state index >= 15 is 0 Å². The van der Waals surface area contributed by atoms with Crippen molar-refractivity contribution in [2.24, 2.45) is 0 Å². The smallest absolute Gasteiger partial charge is 0.128 e. The number of fused-ring (bicyclic) bond motifs is 2. The standard InChI is InChI=1S/C26H18O3/c27-23-14-10-17-6-4-5-9-21(17)25(23)26-22-13-12-20(16-18(22)11-15-24(26)28)29-19-7-2-1-3-8-19/h1-16,27-28H. The minimum Gasteiger partial charge on any atom is -0.507 e. The number of phenols is 2. The van der Waals surface area contributed by atoms with Gasteiger partial charge in [-0.1, -0.05) is 54.6 Å². The molecule has 0 aliphatic heterocycles. The fraction of sp³-hybridized carbons (Fsp3) is 0. The summed E-state index contributed by atoms with van der Waals surface area (Å²) >= 11 is 0. The summed E-state index contributed by atoms with van der Waals surface area (Å²) in [6, 6.07) is 30.2. The SMILES string of the molecule is Oc1ccc2ccccc2c1-c1c(O)ccc2cc(Oc3ccccc3)ccc12. The average Bonchev–Trinajstić information content (AvgIpc) is 2.75. The molecule has 0 unspecified atom stereocenters. The van der Waals surface area contributed by atoms with Crippen LogP contribution in [0.1, 0.15) is 0 Å². The second-order valence-electron chi connectivity index (χ2n) is 6.94. The quantitative estimate of drug-likeness (QED) is 0.360. The van der Waals surface area contributed by atoms with Crippen molar-refractivity contribution in [2.45, 2.75) is 0 Å². The zero-order valence-corrected chi connectivity index (χ0v) is 15.5. The van der Waals surface area contributed by atoms with E-state index in [1.807, 2.05) is 84.9 Å². The van der Waals surface area contributed by atoms with Gasteiger partial charge in [0.1, 0.15) is 23.0 Å². The summed E-state index contributed by atoms with van der Waals surface area (Å²) in [5, 5.41) is 25.0. The summed E-state index contributed by atoms with van der Waals surface area (Å²) in [7, 11) is 0. The molecular weight excluding hydrogens is 360 g/mol. The monoisotopic (exact) mass is 378 g/mol. The van der Waals surface area contributed by atoms with Crippen LogP contribution in [0.2, 0.25) is 0 Å². The third kappa shape index (κ3) is 3.03. The molecule has 2 N–H and O–H groups in total. The number of hydrogen-bond donors (Lipinski definition) is 2. The zero-order valence-electron chi connectivity index (χ0n) is 15.5. The van der Waals surface area contributed by atoms with Gasteiger partial charge in [-0.3, -0.25) is 0 Å². The molecule has 0 saturated heterocycles. The highest BCUT2D eigenvalue weighted by molar-refractivity contribution is 6.09. The van der Waals surface area contributed by atoms with E-state index < -0.39 is 0 Å². The van der Waals surface area contributed by atoms with E-state index in [4.69, 9.17) is 4.74 Å². The highest BCUT2D eigenvalue weighted by Gasteiger charge is 2.17. The first-order valence-corrected chi connectivity index (χ1v) is 9.40. The maximum absolute atomic E-state index is 10.7. The van der Waals surface area contributed by atoms with E-state index in [1.54, 1.807) is 12.1 Å². The largest absolute Gasteiger partial charge is 0.507 e. The van der Waals surface area contributed by atoms with Gasteiger partial charge in [-0.15, -0.1) is 0 Å². The number of aromatic hydroxyl groups is 2. The van der Waals surface area contributed by atoms with Gasteiger partial charge in [0.25, 0.3) is 0 Å². The lowest BCUT2D eigenvalue weighted by atomic mass is 9.92. The Morgan fingerprint density at radius 2 is 1.10 bits per heavy atom. The molecule has 0 heterocycles. The lowest BCUT2D eigenvalue weighted by Crippen LogP contribution is -1.88. The molecule has 140 valence electrons. The third-order valence-corrected chi connectivity index (χ3v) is 5.11. The van der Waals surface area contributed by atoms with Crippen molar-refractivity contribution in [3.63, 3.8) is 0 Å². The van der Waals surface area contributed by atoms with E-state index in [2.05, 4.69) is 0 Å². The van der Waals surface area contributed by atoms with Crippen LogP contribution in [-0.2, 0) is 0 Å². The first kappa shape index (κ1) is 17.1. The molecule has 5 aromatic rings. The summed E-state index contributed by atoms with van der Waals surface area (Å²) in [6.07, 6.45) is 0. The van der Waals surface area contributed by atoms with Crippen LogP contribution >= 0.6 is 0 Å². The molecular formula is C26H18O3. The van der Waals surface area contributed by atoms with Gasteiger partial charge in [0.2, 0.25) is 0 Å². The third-order valence-electron chi connectivity index (χ3n) is 5.11. The molecule has 0 fully saturated rings. The summed E-state index contributed by atoms with van der Waals surface area (Å²) in [4.78, 5) is 0. The van der Waals surface area contributed by atoms with Crippen molar-refractivity contribution in [1.82, 2.24) is 0 Å². The predicted octanol–water partition coefficient (Wildman–Crippen LogP) is 6.86. The molecule has 0 spiro atoms. The Labute approximate surface area is 168 Å². The molecule has 0 aliphatic carbocycles. The van der Waals surface area contributed by atoms with Gasteiger partial charge >= 0.3 is 0 Å². The van der Waals surface area contributed by atoms with Gasteiger partial charge < -0.3 is 14.9 Å². The Bertz CT molecular complexity index is 1340. The molecule has 3 heteroatoms. The first-order chi connectivity index (χ1) is 14.2. The number of phenolic OH excluding ortho intramolecular Hbond substituents is 2. The normalized spacial score (nSPS) is 11.0. The molecule has 0 bridgehead atoms. The number of rotatable bonds is 3. The number of para-hydroxylation sites is 1. The van der Waals surface area contributed by atoms with Crippen LogP contribution in [0.15, 0.2) is 97.1 Å².